The predicted molar refractivity (Wildman–Crippen MR) is 51.9 cm³/mol. The van der Waals surface area contributed by atoms with Crippen LogP contribution in [0, 0.1) is 5.41 Å². The van der Waals surface area contributed by atoms with Gasteiger partial charge in [-0.05, 0) is 18.4 Å². The van der Waals surface area contributed by atoms with Crippen molar-refractivity contribution in [2.45, 2.75) is 39.7 Å². The number of hydrogen-bond donors (Lipinski definition) is 1. The first-order valence-corrected chi connectivity index (χ1v) is 4.70. The topological polar surface area (TPSA) is 20.2 Å². The Labute approximate surface area is 74.8 Å². The number of aliphatic hydroxyl groups is 1. The Bertz CT molecular complexity index is 215. The average Bonchev–Trinajstić information content (AvgIpc) is 2.10. The third kappa shape index (κ3) is 1.46. The monoisotopic (exact) mass is 166 g/mol. The zero-order valence-electron chi connectivity index (χ0n) is 8.17. The highest BCUT2D eigenvalue weighted by atomic mass is 16.3. The van der Waals surface area contributed by atoms with Crippen molar-refractivity contribution in [3.05, 3.63) is 23.8 Å². The lowest BCUT2D eigenvalue weighted by atomic mass is 9.75. The van der Waals surface area contributed by atoms with Crippen LogP contribution in [0.15, 0.2) is 23.8 Å². The largest absolute Gasteiger partial charge is 0.388 e. The fourth-order valence-corrected chi connectivity index (χ4v) is 1.62. The van der Waals surface area contributed by atoms with E-state index in [1.54, 1.807) is 0 Å². The highest BCUT2D eigenvalue weighted by Gasteiger charge is 2.31. The van der Waals surface area contributed by atoms with Crippen molar-refractivity contribution in [1.29, 1.82) is 0 Å². The van der Waals surface area contributed by atoms with Crippen LogP contribution in [-0.2, 0) is 0 Å². The number of rotatable bonds is 2. The average molecular weight is 166 g/mol. The minimum Gasteiger partial charge on any atom is -0.388 e. The molecule has 1 N–H and O–H groups in total. The van der Waals surface area contributed by atoms with Crippen molar-refractivity contribution in [2.75, 3.05) is 0 Å². The van der Waals surface area contributed by atoms with Gasteiger partial charge in [-0.1, -0.05) is 39.0 Å². The molecule has 2 atom stereocenters. The van der Waals surface area contributed by atoms with Gasteiger partial charge in [0.1, 0.15) is 0 Å². The van der Waals surface area contributed by atoms with Crippen LogP contribution in [0.1, 0.15) is 33.6 Å². The maximum Gasteiger partial charge on any atom is 0.0840 e. The highest BCUT2D eigenvalue weighted by molar-refractivity contribution is 5.27. The van der Waals surface area contributed by atoms with Crippen molar-refractivity contribution in [1.82, 2.24) is 0 Å². The van der Waals surface area contributed by atoms with Gasteiger partial charge in [0.05, 0.1) is 6.10 Å². The third-order valence-electron chi connectivity index (χ3n) is 2.93. The zero-order chi connectivity index (χ0) is 9.19. The van der Waals surface area contributed by atoms with E-state index in [1.807, 2.05) is 6.08 Å². The summed E-state index contributed by atoms with van der Waals surface area (Å²) in [5.41, 5.74) is 1.11. The smallest absolute Gasteiger partial charge is 0.0840 e. The Morgan fingerprint density at radius 3 is 2.67 bits per heavy atom. The Balaban J connectivity index is 2.87. The number of hydrogen-bond acceptors (Lipinski definition) is 1. The molecule has 0 bridgehead atoms. The lowest BCUT2D eigenvalue weighted by Gasteiger charge is -2.34. The molecule has 0 heterocycles. The molecule has 0 aliphatic heterocycles. The van der Waals surface area contributed by atoms with Crippen molar-refractivity contribution in [3.8, 4) is 0 Å². The molecule has 2 unspecified atom stereocenters. The second kappa shape index (κ2) is 3.44. The van der Waals surface area contributed by atoms with Gasteiger partial charge in [0, 0.05) is 5.41 Å². The van der Waals surface area contributed by atoms with Crippen molar-refractivity contribution < 1.29 is 5.11 Å². The highest BCUT2D eigenvalue weighted by Crippen LogP contribution is 2.35. The quantitative estimate of drug-likeness (QED) is 0.668. The molecule has 1 heteroatoms. The van der Waals surface area contributed by atoms with E-state index in [9.17, 15) is 5.11 Å². The molecule has 0 saturated heterocycles. The first-order chi connectivity index (χ1) is 5.64. The van der Waals surface area contributed by atoms with E-state index in [1.165, 1.54) is 0 Å². The molecular weight excluding hydrogens is 148 g/mol. The number of allylic oxidation sites excluding steroid dienone is 2. The molecule has 1 aliphatic carbocycles. The van der Waals surface area contributed by atoms with Gasteiger partial charge in [-0.3, -0.25) is 0 Å². The molecule has 0 spiro atoms. The van der Waals surface area contributed by atoms with Gasteiger partial charge in [-0.15, -0.1) is 0 Å². The molecule has 0 amide bonds. The SMILES string of the molecule is CCC1=CC=CC(C)(CC)C1O. The van der Waals surface area contributed by atoms with Crippen LogP contribution >= 0.6 is 0 Å². The molecule has 0 radical (unpaired) electrons. The maximum absolute atomic E-state index is 9.97. The summed E-state index contributed by atoms with van der Waals surface area (Å²) in [6, 6.07) is 0. The van der Waals surface area contributed by atoms with Crippen molar-refractivity contribution >= 4 is 0 Å². The summed E-state index contributed by atoms with van der Waals surface area (Å²) in [5, 5.41) is 9.97. The summed E-state index contributed by atoms with van der Waals surface area (Å²) in [6.07, 6.45) is 7.86. The van der Waals surface area contributed by atoms with E-state index in [2.05, 4.69) is 32.9 Å². The normalized spacial score (nSPS) is 35.0. The Kier molecular flexibility index (Phi) is 2.73. The van der Waals surface area contributed by atoms with E-state index >= 15 is 0 Å². The van der Waals surface area contributed by atoms with Gasteiger partial charge in [-0.25, -0.2) is 0 Å². The van der Waals surface area contributed by atoms with Crippen molar-refractivity contribution in [2.24, 2.45) is 5.41 Å². The van der Waals surface area contributed by atoms with Gasteiger partial charge in [0.2, 0.25) is 0 Å². The maximum atomic E-state index is 9.97. The summed E-state index contributed by atoms with van der Waals surface area (Å²) in [4.78, 5) is 0. The molecule has 1 rings (SSSR count). The van der Waals surface area contributed by atoms with Crippen LogP contribution < -0.4 is 0 Å². The van der Waals surface area contributed by atoms with E-state index in [-0.39, 0.29) is 11.5 Å². The molecule has 1 aliphatic rings. The lowest BCUT2D eigenvalue weighted by Crippen LogP contribution is -2.33. The van der Waals surface area contributed by atoms with Crippen molar-refractivity contribution in [3.63, 3.8) is 0 Å². The molecule has 68 valence electrons. The van der Waals surface area contributed by atoms with Gasteiger partial charge in [0.25, 0.3) is 0 Å². The zero-order valence-corrected chi connectivity index (χ0v) is 8.17. The van der Waals surface area contributed by atoms with Crippen LogP contribution in [-0.4, -0.2) is 11.2 Å². The van der Waals surface area contributed by atoms with Gasteiger partial charge in [-0.2, -0.15) is 0 Å². The second-order valence-corrected chi connectivity index (χ2v) is 3.72. The van der Waals surface area contributed by atoms with Crippen LogP contribution in [0.3, 0.4) is 0 Å². The van der Waals surface area contributed by atoms with Crippen LogP contribution in [0.5, 0.6) is 0 Å². The molecule has 12 heavy (non-hydrogen) atoms. The summed E-state index contributed by atoms with van der Waals surface area (Å²) in [5.74, 6) is 0. The lowest BCUT2D eigenvalue weighted by molar-refractivity contribution is 0.0944. The van der Waals surface area contributed by atoms with Gasteiger partial charge >= 0.3 is 0 Å². The molecule has 0 saturated carbocycles. The Hall–Kier alpha value is -0.560. The predicted octanol–water partition coefficient (Wildman–Crippen LogP) is 2.67. The standard InChI is InChI=1S/C11H18O/c1-4-9-7-6-8-11(3,5-2)10(9)12/h6-8,10,12H,4-5H2,1-3H3. The Morgan fingerprint density at radius 1 is 1.50 bits per heavy atom. The van der Waals surface area contributed by atoms with Gasteiger partial charge in [0.15, 0.2) is 0 Å². The van der Waals surface area contributed by atoms with Crippen LogP contribution in [0.25, 0.3) is 0 Å². The van der Waals surface area contributed by atoms with E-state index < -0.39 is 0 Å². The fourth-order valence-electron chi connectivity index (χ4n) is 1.62. The Morgan fingerprint density at radius 2 is 2.17 bits per heavy atom. The molecule has 0 aromatic carbocycles. The molecule has 0 fully saturated rings. The summed E-state index contributed by atoms with van der Waals surface area (Å²) in [6.45, 7) is 6.31. The van der Waals surface area contributed by atoms with E-state index in [0.29, 0.717) is 0 Å². The number of aliphatic hydroxyl groups excluding tert-OH is 1. The summed E-state index contributed by atoms with van der Waals surface area (Å²) < 4.78 is 0. The molecule has 1 nitrogen and oxygen atoms in total. The van der Waals surface area contributed by atoms with E-state index in [4.69, 9.17) is 0 Å². The van der Waals surface area contributed by atoms with Crippen LogP contribution in [0.2, 0.25) is 0 Å². The molecule has 0 aromatic heterocycles. The van der Waals surface area contributed by atoms with Gasteiger partial charge < -0.3 is 5.11 Å². The second-order valence-electron chi connectivity index (χ2n) is 3.72. The minimum atomic E-state index is -0.280. The minimum absolute atomic E-state index is 0.0416. The first kappa shape index (κ1) is 9.53. The summed E-state index contributed by atoms with van der Waals surface area (Å²) >= 11 is 0. The third-order valence-corrected chi connectivity index (χ3v) is 2.93. The fraction of sp³-hybridized carbons (Fsp3) is 0.636. The first-order valence-electron chi connectivity index (χ1n) is 4.70. The molecular formula is C11H18O. The van der Waals surface area contributed by atoms with Crippen LogP contribution in [0.4, 0.5) is 0 Å². The summed E-state index contributed by atoms with van der Waals surface area (Å²) in [7, 11) is 0. The van der Waals surface area contributed by atoms with E-state index in [0.717, 1.165) is 18.4 Å². The molecule has 0 aromatic rings.